The summed E-state index contributed by atoms with van der Waals surface area (Å²) in [6.07, 6.45) is 3.42. The quantitative estimate of drug-likeness (QED) is 0.490. The monoisotopic (exact) mass is 313 g/mol. The first-order valence-corrected chi connectivity index (χ1v) is 5.92. The zero-order valence-corrected chi connectivity index (χ0v) is 11.0. The maximum absolute atomic E-state index is 11.7. The largest absolute Gasteiger partial charge is 0.349 e. The minimum absolute atomic E-state index is 0.132. The number of nitro benzene ring substituents is 1. The Bertz CT molecular complexity index is 488. The molecule has 1 aromatic carbocycles. The molecule has 0 radical (unpaired) electrons. The molecule has 3 N–H and O–H groups in total. The third-order valence-electron chi connectivity index (χ3n) is 2.04. The Kier molecular flexibility index (Phi) is 5.47. The molecule has 0 aromatic heterocycles. The van der Waals surface area contributed by atoms with Crippen LogP contribution in [-0.2, 0) is 0 Å². The fourth-order valence-electron chi connectivity index (χ4n) is 1.24. The highest BCUT2D eigenvalue weighted by molar-refractivity contribution is 9.10. The zero-order chi connectivity index (χ0) is 13.5. The van der Waals surface area contributed by atoms with Gasteiger partial charge in [-0.15, -0.1) is 0 Å². The first-order chi connectivity index (χ1) is 8.54. The van der Waals surface area contributed by atoms with Gasteiger partial charge in [-0.2, -0.15) is 0 Å². The number of hydrogen-bond donors (Lipinski definition) is 2. The summed E-state index contributed by atoms with van der Waals surface area (Å²) in [6, 6.07) is 4.09. The number of amides is 1. The van der Waals surface area contributed by atoms with E-state index in [0.29, 0.717) is 17.6 Å². The Morgan fingerprint density at radius 3 is 2.78 bits per heavy atom. The van der Waals surface area contributed by atoms with Gasteiger partial charge in [0.05, 0.1) is 4.92 Å². The molecule has 0 aliphatic rings. The van der Waals surface area contributed by atoms with Crippen molar-refractivity contribution in [3.63, 3.8) is 0 Å². The predicted molar refractivity (Wildman–Crippen MR) is 71.3 cm³/mol. The smallest absolute Gasteiger partial charge is 0.271 e. The van der Waals surface area contributed by atoms with E-state index >= 15 is 0 Å². The van der Waals surface area contributed by atoms with Crippen LogP contribution in [0.25, 0.3) is 0 Å². The molecule has 0 aliphatic heterocycles. The summed E-state index contributed by atoms with van der Waals surface area (Å²) in [5.74, 6) is -0.374. The van der Waals surface area contributed by atoms with Crippen molar-refractivity contribution >= 4 is 27.5 Å². The first-order valence-electron chi connectivity index (χ1n) is 5.13. The highest BCUT2D eigenvalue weighted by atomic mass is 79.9. The van der Waals surface area contributed by atoms with Gasteiger partial charge >= 0.3 is 0 Å². The van der Waals surface area contributed by atoms with Gasteiger partial charge in [0.15, 0.2) is 0 Å². The maximum Gasteiger partial charge on any atom is 0.271 e. The van der Waals surface area contributed by atoms with Gasteiger partial charge in [-0.1, -0.05) is 28.1 Å². The highest BCUT2D eigenvalue weighted by Crippen LogP contribution is 2.21. The average Bonchev–Trinajstić information content (AvgIpc) is 2.33. The summed E-state index contributed by atoms with van der Waals surface area (Å²) in [6.45, 7) is 0.731. The number of rotatable bonds is 5. The summed E-state index contributed by atoms with van der Waals surface area (Å²) >= 11 is 3.13. The van der Waals surface area contributed by atoms with E-state index in [1.165, 1.54) is 18.2 Å². The molecule has 0 bridgehead atoms. The molecule has 1 aromatic rings. The summed E-state index contributed by atoms with van der Waals surface area (Å²) < 4.78 is 0.486. The van der Waals surface area contributed by atoms with Crippen LogP contribution in [0.5, 0.6) is 0 Å². The third-order valence-corrected chi connectivity index (χ3v) is 2.50. The van der Waals surface area contributed by atoms with Gasteiger partial charge in [0.2, 0.25) is 0 Å². The topological polar surface area (TPSA) is 98.3 Å². The number of nitrogens with one attached hydrogen (secondary N) is 1. The summed E-state index contributed by atoms with van der Waals surface area (Å²) in [4.78, 5) is 21.8. The van der Waals surface area contributed by atoms with Crippen molar-refractivity contribution in [2.24, 2.45) is 5.73 Å². The van der Waals surface area contributed by atoms with E-state index < -0.39 is 4.92 Å². The first kappa shape index (κ1) is 14.3. The van der Waals surface area contributed by atoms with E-state index in [9.17, 15) is 14.9 Å². The normalized spacial score (nSPS) is 10.6. The van der Waals surface area contributed by atoms with Crippen LogP contribution in [-0.4, -0.2) is 23.9 Å². The second kappa shape index (κ2) is 6.87. The summed E-state index contributed by atoms with van der Waals surface area (Å²) in [5, 5.41) is 13.3. The van der Waals surface area contributed by atoms with E-state index in [-0.39, 0.29) is 17.2 Å². The molecule has 0 spiro atoms. The van der Waals surface area contributed by atoms with Crippen molar-refractivity contribution in [1.82, 2.24) is 5.32 Å². The SMILES string of the molecule is NC/C=C/CNC(=O)c1cc(Br)cc([N+](=O)[O-])c1. The third kappa shape index (κ3) is 4.27. The molecule has 0 heterocycles. The number of halogens is 1. The molecule has 1 rings (SSSR count). The average molecular weight is 314 g/mol. The minimum Gasteiger partial charge on any atom is -0.349 e. The number of benzene rings is 1. The lowest BCUT2D eigenvalue weighted by Gasteiger charge is -2.03. The van der Waals surface area contributed by atoms with E-state index in [4.69, 9.17) is 5.73 Å². The van der Waals surface area contributed by atoms with Crippen LogP contribution >= 0.6 is 15.9 Å². The van der Waals surface area contributed by atoms with Crippen LogP contribution in [0.2, 0.25) is 0 Å². The lowest BCUT2D eigenvalue weighted by molar-refractivity contribution is -0.385. The molecule has 6 nitrogen and oxygen atoms in total. The summed E-state index contributed by atoms with van der Waals surface area (Å²) in [7, 11) is 0. The van der Waals surface area contributed by atoms with Gasteiger partial charge in [-0.25, -0.2) is 0 Å². The van der Waals surface area contributed by atoms with E-state index in [1.807, 2.05) is 0 Å². The molecular weight excluding hydrogens is 302 g/mol. The predicted octanol–water partition coefficient (Wildman–Crippen LogP) is 1.60. The standard InChI is InChI=1S/C11H12BrN3O3/c12-9-5-8(6-10(7-9)15(17)18)11(16)14-4-2-1-3-13/h1-2,5-7H,3-4,13H2,(H,14,16)/b2-1+. The Hall–Kier alpha value is -1.73. The van der Waals surface area contributed by atoms with Crippen molar-refractivity contribution in [2.45, 2.75) is 0 Å². The van der Waals surface area contributed by atoms with Crippen LogP contribution in [0.3, 0.4) is 0 Å². The van der Waals surface area contributed by atoms with Crippen LogP contribution < -0.4 is 11.1 Å². The van der Waals surface area contributed by atoms with Gasteiger partial charge in [-0.05, 0) is 6.07 Å². The van der Waals surface area contributed by atoms with Gasteiger partial charge in [-0.3, -0.25) is 14.9 Å². The van der Waals surface area contributed by atoms with Crippen molar-refractivity contribution < 1.29 is 9.72 Å². The van der Waals surface area contributed by atoms with Crippen molar-refractivity contribution in [2.75, 3.05) is 13.1 Å². The highest BCUT2D eigenvalue weighted by Gasteiger charge is 2.12. The summed E-state index contributed by atoms with van der Waals surface area (Å²) in [5.41, 5.74) is 5.35. The van der Waals surface area contributed by atoms with Gasteiger partial charge < -0.3 is 11.1 Å². The number of nitrogens with zero attached hydrogens (tertiary/aromatic N) is 1. The van der Waals surface area contributed by atoms with Crippen LogP contribution in [0.1, 0.15) is 10.4 Å². The fourth-order valence-corrected chi connectivity index (χ4v) is 1.73. The lowest BCUT2D eigenvalue weighted by Crippen LogP contribution is -2.23. The Balaban J connectivity index is 2.79. The molecule has 1 amide bonds. The molecule has 0 saturated carbocycles. The molecular formula is C11H12BrN3O3. The number of carbonyl (C=O) groups excluding carboxylic acids is 1. The number of nitro groups is 1. The van der Waals surface area contributed by atoms with Crippen LogP contribution in [0, 0.1) is 10.1 Å². The number of nitrogens with two attached hydrogens (primary N) is 1. The molecule has 0 saturated heterocycles. The molecule has 7 heteroatoms. The fraction of sp³-hybridized carbons (Fsp3) is 0.182. The molecule has 18 heavy (non-hydrogen) atoms. The van der Waals surface area contributed by atoms with E-state index in [2.05, 4.69) is 21.2 Å². The molecule has 0 atom stereocenters. The van der Waals surface area contributed by atoms with Crippen LogP contribution in [0.15, 0.2) is 34.8 Å². The lowest BCUT2D eigenvalue weighted by atomic mass is 10.2. The van der Waals surface area contributed by atoms with Gasteiger partial charge in [0, 0.05) is 35.3 Å². The Labute approximate surface area is 112 Å². The molecule has 0 fully saturated rings. The second-order valence-electron chi connectivity index (χ2n) is 3.37. The van der Waals surface area contributed by atoms with Gasteiger partial charge in [0.25, 0.3) is 11.6 Å². The van der Waals surface area contributed by atoms with Gasteiger partial charge in [0.1, 0.15) is 0 Å². The molecule has 96 valence electrons. The number of hydrogen-bond acceptors (Lipinski definition) is 4. The maximum atomic E-state index is 11.7. The Morgan fingerprint density at radius 1 is 1.44 bits per heavy atom. The minimum atomic E-state index is -0.546. The van der Waals surface area contributed by atoms with E-state index in [0.717, 1.165) is 0 Å². The zero-order valence-electron chi connectivity index (χ0n) is 9.43. The molecule has 0 unspecified atom stereocenters. The van der Waals surface area contributed by atoms with E-state index in [1.54, 1.807) is 12.2 Å². The molecule has 0 aliphatic carbocycles. The van der Waals surface area contributed by atoms with Crippen LogP contribution in [0.4, 0.5) is 5.69 Å². The van der Waals surface area contributed by atoms with Crippen molar-refractivity contribution in [1.29, 1.82) is 0 Å². The second-order valence-corrected chi connectivity index (χ2v) is 4.29. The Morgan fingerprint density at radius 2 is 2.17 bits per heavy atom. The van der Waals surface area contributed by atoms with Crippen molar-refractivity contribution in [3.8, 4) is 0 Å². The number of non-ortho nitro benzene ring substituents is 1. The number of carbonyl (C=O) groups is 1. The van der Waals surface area contributed by atoms with Crippen molar-refractivity contribution in [3.05, 3.63) is 50.5 Å².